The van der Waals surface area contributed by atoms with E-state index in [9.17, 15) is 22.8 Å². The minimum Gasteiger partial charge on any atom is -0.348 e. The van der Waals surface area contributed by atoms with Crippen LogP contribution in [0.1, 0.15) is 44.9 Å². The van der Waals surface area contributed by atoms with Crippen molar-refractivity contribution in [2.75, 3.05) is 4.90 Å². The molecule has 4 nitrogen and oxygen atoms in total. The molecular weight excluding hydrogens is 544 g/mol. The topological polar surface area (TPSA) is 49.4 Å². The molecule has 4 rings (SSSR count). The number of benzene rings is 3. The van der Waals surface area contributed by atoms with Gasteiger partial charge in [-0.25, -0.2) is 13.2 Å². The Morgan fingerprint density at radius 1 is 1.03 bits per heavy atom. The summed E-state index contributed by atoms with van der Waals surface area (Å²) in [5.41, 5.74) is 1.37. The molecule has 1 heterocycles. The summed E-state index contributed by atoms with van der Waals surface area (Å²) in [6.07, 6.45) is 0. The number of alkyl halides is 1. The summed E-state index contributed by atoms with van der Waals surface area (Å²) in [6, 6.07) is 15.6. The standard InChI is InChI=1S/C25H20F3IN2O2/c1-25(2)18-9-8-15(23(32)30-13-17-19(27)11-16(26)12-20(17)28)10-21(18)31(24(25)33)22(29)14-6-4-3-5-7-14/h3-12,22H,13H2,1-2H3,(H,30,32). The minimum absolute atomic E-state index is 0.0891. The van der Waals surface area contributed by atoms with Crippen molar-refractivity contribution in [3.05, 3.63) is 100 Å². The molecule has 8 heteroatoms. The maximum absolute atomic E-state index is 13.9. The molecule has 3 aromatic carbocycles. The van der Waals surface area contributed by atoms with Gasteiger partial charge in [0.1, 0.15) is 21.5 Å². The van der Waals surface area contributed by atoms with E-state index in [0.29, 0.717) is 17.8 Å². The highest BCUT2D eigenvalue weighted by Crippen LogP contribution is 2.47. The fourth-order valence-electron chi connectivity index (χ4n) is 3.92. The third kappa shape index (κ3) is 4.23. The lowest BCUT2D eigenvalue weighted by atomic mass is 9.86. The smallest absolute Gasteiger partial charge is 0.251 e. The van der Waals surface area contributed by atoms with Gasteiger partial charge in [-0.15, -0.1) is 0 Å². The fraction of sp³-hybridized carbons (Fsp3) is 0.200. The molecule has 0 aromatic heterocycles. The average molecular weight is 564 g/mol. The van der Waals surface area contributed by atoms with E-state index in [1.165, 1.54) is 0 Å². The number of hydrogen-bond acceptors (Lipinski definition) is 2. The number of nitrogens with zero attached hydrogens (tertiary/aromatic N) is 1. The summed E-state index contributed by atoms with van der Waals surface area (Å²) in [4.78, 5) is 27.7. The SMILES string of the molecule is CC1(C)C(=O)N(C(I)c2ccccc2)c2cc(C(=O)NCc3c(F)cc(F)cc3F)ccc21. The van der Waals surface area contributed by atoms with Gasteiger partial charge in [-0.05, 0) is 37.1 Å². The van der Waals surface area contributed by atoms with E-state index in [1.54, 1.807) is 23.1 Å². The van der Waals surface area contributed by atoms with Crippen molar-refractivity contribution >= 4 is 40.1 Å². The molecule has 1 aliphatic heterocycles. The van der Waals surface area contributed by atoms with Crippen molar-refractivity contribution in [2.24, 2.45) is 0 Å². The lowest BCUT2D eigenvalue weighted by Gasteiger charge is -2.26. The van der Waals surface area contributed by atoms with Crippen molar-refractivity contribution in [1.29, 1.82) is 0 Å². The predicted molar refractivity (Wildman–Crippen MR) is 128 cm³/mol. The Kier molecular flexibility index (Phi) is 6.22. The van der Waals surface area contributed by atoms with Gasteiger partial charge in [0.2, 0.25) is 5.91 Å². The van der Waals surface area contributed by atoms with Crippen molar-refractivity contribution in [3.63, 3.8) is 0 Å². The Hall–Kier alpha value is -2.88. The van der Waals surface area contributed by atoms with Gasteiger partial charge in [0.25, 0.3) is 5.91 Å². The maximum atomic E-state index is 13.9. The number of carbonyl (C=O) groups is 2. The average Bonchev–Trinajstić information content (AvgIpc) is 2.98. The number of anilines is 1. The zero-order valence-electron chi connectivity index (χ0n) is 17.8. The van der Waals surface area contributed by atoms with Gasteiger partial charge in [0, 0.05) is 29.8 Å². The molecule has 1 N–H and O–H groups in total. The van der Waals surface area contributed by atoms with Crippen LogP contribution in [0.5, 0.6) is 0 Å². The summed E-state index contributed by atoms with van der Waals surface area (Å²) in [7, 11) is 0. The zero-order valence-corrected chi connectivity index (χ0v) is 20.0. The van der Waals surface area contributed by atoms with Crippen LogP contribution in [0.25, 0.3) is 0 Å². The van der Waals surface area contributed by atoms with Crippen molar-refractivity contribution in [1.82, 2.24) is 5.32 Å². The van der Waals surface area contributed by atoms with Gasteiger partial charge < -0.3 is 5.32 Å². The van der Waals surface area contributed by atoms with E-state index >= 15 is 0 Å². The summed E-state index contributed by atoms with van der Waals surface area (Å²) >= 11 is 2.19. The van der Waals surface area contributed by atoms with E-state index < -0.39 is 40.9 Å². The molecule has 0 spiro atoms. The van der Waals surface area contributed by atoms with Crippen molar-refractivity contribution < 1.29 is 22.8 Å². The maximum Gasteiger partial charge on any atom is 0.251 e. The molecule has 170 valence electrons. The first-order chi connectivity index (χ1) is 15.6. The van der Waals surface area contributed by atoms with Gasteiger partial charge in [0.15, 0.2) is 0 Å². The van der Waals surface area contributed by atoms with Gasteiger partial charge >= 0.3 is 0 Å². The number of amides is 2. The lowest BCUT2D eigenvalue weighted by molar-refractivity contribution is -0.122. The molecule has 0 bridgehead atoms. The van der Waals surface area contributed by atoms with E-state index in [4.69, 9.17) is 0 Å². The van der Waals surface area contributed by atoms with Gasteiger partial charge in [0.05, 0.1) is 11.1 Å². The van der Waals surface area contributed by atoms with Crippen molar-refractivity contribution in [2.45, 2.75) is 29.9 Å². The molecular formula is C25H20F3IN2O2. The van der Waals surface area contributed by atoms with Crippen LogP contribution in [0.4, 0.5) is 18.9 Å². The molecule has 33 heavy (non-hydrogen) atoms. The lowest BCUT2D eigenvalue weighted by Crippen LogP contribution is -2.36. The normalized spacial score (nSPS) is 15.3. The Labute approximate surface area is 202 Å². The van der Waals surface area contributed by atoms with E-state index in [0.717, 1.165) is 11.1 Å². The molecule has 0 saturated carbocycles. The predicted octanol–water partition coefficient (Wildman–Crippen LogP) is 5.79. The highest BCUT2D eigenvalue weighted by molar-refractivity contribution is 14.1. The fourth-order valence-corrected chi connectivity index (χ4v) is 4.89. The number of halogens is 4. The van der Waals surface area contributed by atoms with Crippen LogP contribution < -0.4 is 10.2 Å². The van der Waals surface area contributed by atoms with E-state index in [1.807, 2.05) is 44.2 Å². The second kappa shape index (κ2) is 8.81. The Balaban J connectivity index is 1.63. The molecule has 1 unspecified atom stereocenters. The molecule has 0 saturated heterocycles. The molecule has 1 atom stereocenters. The summed E-state index contributed by atoms with van der Waals surface area (Å²) in [5.74, 6) is -3.83. The summed E-state index contributed by atoms with van der Waals surface area (Å²) < 4.78 is 40.6. The monoisotopic (exact) mass is 564 g/mol. The van der Waals surface area contributed by atoms with Crippen LogP contribution >= 0.6 is 22.6 Å². The Morgan fingerprint density at radius 2 is 1.67 bits per heavy atom. The van der Waals surface area contributed by atoms with Gasteiger partial charge in [-0.3, -0.25) is 14.5 Å². The molecule has 1 aliphatic rings. The van der Waals surface area contributed by atoms with E-state index in [-0.39, 0.29) is 15.5 Å². The molecule has 2 amide bonds. The number of fused-ring (bicyclic) bond motifs is 1. The van der Waals surface area contributed by atoms with E-state index in [2.05, 4.69) is 27.9 Å². The first kappa shape index (κ1) is 23.3. The second-order valence-electron chi connectivity index (χ2n) is 8.31. The Morgan fingerprint density at radius 3 is 2.30 bits per heavy atom. The summed E-state index contributed by atoms with van der Waals surface area (Å²) in [5, 5.41) is 2.47. The van der Waals surface area contributed by atoms with Crippen LogP contribution in [-0.2, 0) is 16.8 Å². The second-order valence-corrected chi connectivity index (χ2v) is 9.49. The van der Waals surface area contributed by atoms with Crippen LogP contribution in [0.15, 0.2) is 60.7 Å². The third-order valence-electron chi connectivity index (χ3n) is 5.78. The first-order valence-electron chi connectivity index (χ1n) is 10.2. The number of rotatable bonds is 5. The number of hydrogen-bond donors (Lipinski definition) is 1. The number of nitrogens with one attached hydrogen (secondary N) is 1. The van der Waals surface area contributed by atoms with Crippen LogP contribution in [0.2, 0.25) is 0 Å². The third-order valence-corrected chi connectivity index (χ3v) is 7.06. The summed E-state index contributed by atoms with van der Waals surface area (Å²) in [6.45, 7) is 3.23. The Bertz CT molecular complexity index is 1220. The van der Waals surface area contributed by atoms with Crippen LogP contribution in [0, 0.1) is 17.5 Å². The molecule has 3 aromatic rings. The van der Waals surface area contributed by atoms with Gasteiger partial charge in [-0.1, -0.05) is 59.0 Å². The minimum atomic E-state index is -1.07. The van der Waals surface area contributed by atoms with Gasteiger partial charge in [-0.2, -0.15) is 0 Å². The van der Waals surface area contributed by atoms with Crippen LogP contribution in [-0.4, -0.2) is 11.8 Å². The largest absolute Gasteiger partial charge is 0.348 e. The quantitative estimate of drug-likeness (QED) is 0.242. The zero-order chi connectivity index (χ0) is 23.9. The highest BCUT2D eigenvalue weighted by Gasteiger charge is 2.46. The highest BCUT2D eigenvalue weighted by atomic mass is 127. The number of carbonyl (C=O) groups excluding carboxylic acids is 2. The van der Waals surface area contributed by atoms with Crippen molar-refractivity contribution in [3.8, 4) is 0 Å². The first-order valence-corrected chi connectivity index (χ1v) is 11.4. The molecule has 0 aliphatic carbocycles. The van der Waals surface area contributed by atoms with Crippen LogP contribution in [0.3, 0.4) is 0 Å². The molecule has 0 radical (unpaired) electrons. The molecule has 0 fully saturated rings.